The highest BCUT2D eigenvalue weighted by atomic mass is 28.1. The van der Waals surface area contributed by atoms with Gasteiger partial charge in [-0.3, -0.25) is 0 Å². The minimum absolute atomic E-state index is 0.968. The minimum Gasteiger partial charge on any atom is -0.479 e. The molecule has 0 heterocycles. The SMILES string of the molecule is C=CC(C)(O)C(=O)O.CC(O)C(=O)O.CC(O)C(=O)O.CC[SiH3]. The molecule has 0 aliphatic rings. The van der Waals surface area contributed by atoms with Gasteiger partial charge in [0.15, 0.2) is 5.60 Å². The third-order valence-corrected chi connectivity index (χ3v) is 1.55. The van der Waals surface area contributed by atoms with E-state index in [1.54, 1.807) is 0 Å². The van der Waals surface area contributed by atoms with E-state index in [9.17, 15) is 14.4 Å². The molecule has 0 saturated carbocycles. The number of hydrogen-bond acceptors (Lipinski definition) is 6. The largest absolute Gasteiger partial charge is 0.479 e. The van der Waals surface area contributed by atoms with Gasteiger partial charge in [0.25, 0.3) is 0 Å². The Hall–Kier alpha value is -1.75. The summed E-state index contributed by atoms with van der Waals surface area (Å²) in [5.74, 6) is -3.66. The summed E-state index contributed by atoms with van der Waals surface area (Å²) in [4.78, 5) is 28.8. The first-order chi connectivity index (χ1) is 10.2. The Morgan fingerprint density at radius 3 is 1.26 bits per heavy atom. The maximum Gasteiger partial charge on any atom is 0.339 e. The maximum atomic E-state index is 9.93. The van der Waals surface area contributed by atoms with Gasteiger partial charge in [0.1, 0.15) is 12.2 Å². The lowest BCUT2D eigenvalue weighted by atomic mass is 10.1. The van der Waals surface area contributed by atoms with Gasteiger partial charge in [-0.15, -0.1) is 0 Å². The average Bonchev–Trinajstić information content (AvgIpc) is 2.40. The predicted octanol–water partition coefficient (Wildman–Crippen LogP) is -1.30. The molecule has 0 spiro atoms. The van der Waals surface area contributed by atoms with Crippen LogP contribution in [0, 0.1) is 0 Å². The van der Waals surface area contributed by atoms with E-state index in [4.69, 9.17) is 30.6 Å². The number of rotatable bonds is 4. The van der Waals surface area contributed by atoms with E-state index in [1.165, 1.54) is 30.1 Å². The Labute approximate surface area is 138 Å². The zero-order valence-corrected chi connectivity index (χ0v) is 16.1. The van der Waals surface area contributed by atoms with E-state index >= 15 is 0 Å². The van der Waals surface area contributed by atoms with Crippen molar-refractivity contribution in [3.8, 4) is 0 Å². The number of aliphatic hydroxyl groups is 3. The second kappa shape index (κ2) is 16.6. The van der Waals surface area contributed by atoms with Crippen molar-refractivity contribution in [1.82, 2.24) is 0 Å². The van der Waals surface area contributed by atoms with Gasteiger partial charge in [0, 0.05) is 10.2 Å². The molecule has 3 atom stereocenters. The van der Waals surface area contributed by atoms with Crippen LogP contribution in [0.2, 0.25) is 6.04 Å². The summed E-state index contributed by atoms with van der Waals surface area (Å²) in [7, 11) is 1.37. The summed E-state index contributed by atoms with van der Waals surface area (Å²) in [6.45, 7) is 8.86. The lowest BCUT2D eigenvalue weighted by Crippen LogP contribution is -2.31. The molecule has 3 unspecified atom stereocenters. The number of hydrogen-bond donors (Lipinski definition) is 6. The summed E-state index contributed by atoms with van der Waals surface area (Å²) in [6.07, 6.45) is -1.50. The molecule has 138 valence electrons. The monoisotopic (exact) mass is 356 g/mol. The van der Waals surface area contributed by atoms with Crippen LogP contribution in [-0.4, -0.2) is 76.6 Å². The molecule has 23 heavy (non-hydrogen) atoms. The van der Waals surface area contributed by atoms with Crippen molar-refractivity contribution in [2.45, 2.75) is 51.5 Å². The number of aliphatic carboxylic acids is 3. The molecule has 10 heteroatoms. The molecule has 0 saturated heterocycles. The number of aliphatic hydroxyl groups excluding tert-OH is 2. The highest BCUT2D eigenvalue weighted by Gasteiger charge is 2.24. The van der Waals surface area contributed by atoms with Crippen LogP contribution in [0.5, 0.6) is 0 Å². The van der Waals surface area contributed by atoms with Crippen LogP contribution in [0.25, 0.3) is 0 Å². The summed E-state index contributed by atoms with van der Waals surface area (Å²) in [5.41, 5.74) is -1.78. The van der Waals surface area contributed by atoms with Crippen molar-refractivity contribution < 1.29 is 45.0 Å². The number of carboxylic acid groups (broad SMARTS) is 3. The van der Waals surface area contributed by atoms with Crippen LogP contribution < -0.4 is 0 Å². The van der Waals surface area contributed by atoms with Crippen molar-refractivity contribution in [2.24, 2.45) is 0 Å². The van der Waals surface area contributed by atoms with Gasteiger partial charge in [-0.05, 0) is 26.8 Å². The zero-order valence-electron chi connectivity index (χ0n) is 14.1. The van der Waals surface area contributed by atoms with Crippen LogP contribution in [-0.2, 0) is 14.4 Å². The molecule has 0 aliphatic carbocycles. The lowest BCUT2D eigenvalue weighted by molar-refractivity contribution is -0.151. The third kappa shape index (κ3) is 29.0. The van der Waals surface area contributed by atoms with Crippen molar-refractivity contribution in [3.63, 3.8) is 0 Å². The molecule has 0 rings (SSSR count). The Morgan fingerprint density at radius 2 is 1.26 bits per heavy atom. The highest BCUT2D eigenvalue weighted by molar-refractivity contribution is 6.08. The molecule has 9 nitrogen and oxygen atoms in total. The molecular weight excluding hydrogens is 328 g/mol. The first-order valence-electron chi connectivity index (χ1n) is 6.62. The molecule has 6 N–H and O–H groups in total. The lowest BCUT2D eigenvalue weighted by Gasteiger charge is -2.09. The van der Waals surface area contributed by atoms with E-state index < -0.39 is 35.7 Å². The fourth-order valence-electron chi connectivity index (χ4n) is 0.0873. The molecule has 0 amide bonds. The second-order valence-corrected chi connectivity index (χ2v) is 5.81. The van der Waals surface area contributed by atoms with Crippen molar-refractivity contribution in [1.29, 1.82) is 0 Å². The summed E-state index contributed by atoms with van der Waals surface area (Å²) < 4.78 is 0. The van der Waals surface area contributed by atoms with Gasteiger partial charge in [0.05, 0.1) is 0 Å². The maximum absolute atomic E-state index is 9.93. The van der Waals surface area contributed by atoms with E-state index in [0.29, 0.717) is 0 Å². The van der Waals surface area contributed by atoms with Gasteiger partial charge in [-0.1, -0.05) is 19.5 Å². The first-order valence-corrected chi connectivity index (χ1v) is 8.03. The van der Waals surface area contributed by atoms with Gasteiger partial charge >= 0.3 is 17.9 Å². The van der Waals surface area contributed by atoms with E-state index in [2.05, 4.69) is 13.5 Å². The second-order valence-electron chi connectivity index (χ2n) is 4.39. The number of carboxylic acids is 3. The Bertz CT molecular complexity index is 333. The van der Waals surface area contributed by atoms with Crippen LogP contribution in [0.15, 0.2) is 12.7 Å². The quantitative estimate of drug-likeness (QED) is 0.264. The van der Waals surface area contributed by atoms with E-state index in [-0.39, 0.29) is 0 Å². The van der Waals surface area contributed by atoms with Crippen LogP contribution >= 0.6 is 0 Å². The van der Waals surface area contributed by atoms with E-state index in [0.717, 1.165) is 13.0 Å². The van der Waals surface area contributed by atoms with Gasteiger partial charge in [-0.25, -0.2) is 14.4 Å². The topological polar surface area (TPSA) is 173 Å². The smallest absolute Gasteiger partial charge is 0.339 e. The Balaban J connectivity index is -0.000000110. The summed E-state index contributed by atoms with van der Waals surface area (Å²) >= 11 is 0. The molecule has 0 bridgehead atoms. The first kappa shape index (κ1) is 29.3. The van der Waals surface area contributed by atoms with Crippen molar-refractivity contribution in [2.75, 3.05) is 0 Å². The molecule has 0 aromatic heterocycles. The third-order valence-electron chi connectivity index (χ3n) is 1.55. The summed E-state index contributed by atoms with van der Waals surface area (Å²) in [5, 5.41) is 48.3. The Morgan fingerprint density at radius 1 is 1.09 bits per heavy atom. The van der Waals surface area contributed by atoms with E-state index in [1.807, 2.05) is 0 Å². The molecule has 0 aromatic carbocycles. The van der Waals surface area contributed by atoms with Crippen LogP contribution in [0.4, 0.5) is 0 Å². The van der Waals surface area contributed by atoms with Crippen LogP contribution in [0.3, 0.4) is 0 Å². The van der Waals surface area contributed by atoms with Gasteiger partial charge in [0.2, 0.25) is 0 Å². The molecular formula is C13H28O9Si. The molecule has 0 radical (unpaired) electrons. The van der Waals surface area contributed by atoms with Crippen LogP contribution in [0.1, 0.15) is 27.7 Å². The Kier molecular flexibility index (Phi) is 21.2. The van der Waals surface area contributed by atoms with Gasteiger partial charge in [-0.2, -0.15) is 0 Å². The predicted molar refractivity (Wildman–Crippen MR) is 87.5 cm³/mol. The standard InChI is InChI=1S/C5H8O3.2C3H6O3.C2H8Si/c1-3-5(2,8)4(6)7;2*1-2(4)3(5)6;1-2-3/h3,8H,1H2,2H3,(H,6,7);2*2,4H,1H3,(H,5,6);2H2,1,3H3. The summed E-state index contributed by atoms with van der Waals surface area (Å²) in [6, 6.07) is 1.39. The number of carbonyl (C=O) groups is 3. The fourth-order valence-corrected chi connectivity index (χ4v) is 0.0873. The zero-order chi connectivity index (χ0) is 19.8. The normalized spacial score (nSPS) is 13.9. The van der Waals surface area contributed by atoms with Crippen molar-refractivity contribution >= 4 is 28.2 Å². The average molecular weight is 356 g/mol. The molecule has 0 aromatic rings. The molecule has 0 fully saturated rings. The molecule has 0 aliphatic heterocycles. The fraction of sp³-hybridized carbons (Fsp3) is 0.615. The van der Waals surface area contributed by atoms with Crippen molar-refractivity contribution in [3.05, 3.63) is 12.7 Å². The minimum atomic E-state index is -1.78. The highest BCUT2D eigenvalue weighted by Crippen LogP contribution is 2.01. The van der Waals surface area contributed by atoms with Gasteiger partial charge < -0.3 is 30.6 Å².